The lowest BCUT2D eigenvalue weighted by Crippen LogP contribution is -2.47. The van der Waals surface area contributed by atoms with E-state index < -0.39 is 0 Å². The molecule has 3 rings (SSSR count). The second-order valence-corrected chi connectivity index (χ2v) is 6.17. The smallest absolute Gasteiger partial charge is 0.227 e. The highest BCUT2D eigenvalue weighted by Crippen LogP contribution is 2.28. The van der Waals surface area contributed by atoms with Crippen LogP contribution < -0.4 is 19.9 Å². The summed E-state index contributed by atoms with van der Waals surface area (Å²) in [7, 11) is 1.72. The summed E-state index contributed by atoms with van der Waals surface area (Å²) >= 11 is 0. The van der Waals surface area contributed by atoms with E-state index in [1.165, 1.54) is 6.42 Å². The molecule has 2 aromatic rings. The fourth-order valence-electron chi connectivity index (χ4n) is 3.03. The van der Waals surface area contributed by atoms with Gasteiger partial charge >= 0.3 is 0 Å². The van der Waals surface area contributed by atoms with Gasteiger partial charge in [-0.3, -0.25) is 0 Å². The molecular formula is C19H27N5O. The second kappa shape index (κ2) is 8.55. The van der Waals surface area contributed by atoms with E-state index >= 15 is 0 Å². The average molecular weight is 341 g/mol. The van der Waals surface area contributed by atoms with E-state index in [2.05, 4.69) is 44.1 Å². The zero-order chi connectivity index (χ0) is 17.5. The van der Waals surface area contributed by atoms with Crippen LogP contribution in [0, 0.1) is 0 Å². The van der Waals surface area contributed by atoms with Crippen LogP contribution in [-0.2, 0) is 0 Å². The predicted molar refractivity (Wildman–Crippen MR) is 103 cm³/mol. The largest absolute Gasteiger partial charge is 0.495 e. The summed E-state index contributed by atoms with van der Waals surface area (Å²) in [6, 6.07) is 10.1. The van der Waals surface area contributed by atoms with Crippen molar-refractivity contribution in [3.05, 3.63) is 36.5 Å². The Morgan fingerprint density at radius 1 is 1.08 bits per heavy atom. The number of hydrogen-bond acceptors (Lipinski definition) is 6. The minimum Gasteiger partial charge on any atom is -0.495 e. The van der Waals surface area contributed by atoms with Gasteiger partial charge in [-0.25, -0.2) is 4.98 Å². The van der Waals surface area contributed by atoms with Crippen molar-refractivity contribution in [1.82, 2.24) is 9.97 Å². The molecule has 2 heterocycles. The third-order valence-corrected chi connectivity index (χ3v) is 4.47. The van der Waals surface area contributed by atoms with E-state index in [9.17, 15) is 0 Å². The van der Waals surface area contributed by atoms with Gasteiger partial charge in [0.05, 0.1) is 12.8 Å². The van der Waals surface area contributed by atoms with Gasteiger partial charge in [0.15, 0.2) is 0 Å². The van der Waals surface area contributed by atoms with Crippen LogP contribution in [0.5, 0.6) is 5.75 Å². The zero-order valence-electron chi connectivity index (χ0n) is 15.1. The molecule has 0 amide bonds. The molecule has 1 saturated heterocycles. The highest BCUT2D eigenvalue weighted by molar-refractivity contribution is 5.59. The number of anilines is 3. The quantitative estimate of drug-likeness (QED) is 0.781. The Balaban J connectivity index is 1.61. The number of aromatic nitrogens is 2. The first-order valence-corrected chi connectivity index (χ1v) is 9.01. The zero-order valence-corrected chi connectivity index (χ0v) is 15.1. The molecule has 1 aromatic heterocycles. The lowest BCUT2D eigenvalue weighted by Gasteiger charge is -2.36. The van der Waals surface area contributed by atoms with Crippen molar-refractivity contribution in [3.8, 4) is 5.75 Å². The number of para-hydroxylation sites is 2. The number of rotatable bonds is 7. The van der Waals surface area contributed by atoms with Crippen molar-refractivity contribution in [2.45, 2.75) is 19.8 Å². The topological polar surface area (TPSA) is 53.5 Å². The van der Waals surface area contributed by atoms with Crippen molar-refractivity contribution in [3.63, 3.8) is 0 Å². The van der Waals surface area contributed by atoms with E-state index in [0.717, 1.165) is 62.3 Å². The van der Waals surface area contributed by atoms with E-state index in [4.69, 9.17) is 4.74 Å². The fourth-order valence-corrected chi connectivity index (χ4v) is 3.03. The Morgan fingerprint density at radius 2 is 1.84 bits per heavy atom. The highest BCUT2D eigenvalue weighted by atomic mass is 16.5. The fraction of sp³-hybridized carbons (Fsp3) is 0.474. The normalized spacial score (nSPS) is 14.5. The van der Waals surface area contributed by atoms with Gasteiger partial charge in [-0.15, -0.1) is 0 Å². The van der Waals surface area contributed by atoms with Crippen molar-refractivity contribution >= 4 is 17.5 Å². The molecule has 1 aromatic carbocycles. The minimum absolute atomic E-state index is 0.807. The number of benzene rings is 1. The third kappa shape index (κ3) is 4.32. The number of nitrogens with zero attached hydrogens (tertiary/aromatic N) is 4. The molecule has 0 aliphatic carbocycles. The van der Waals surface area contributed by atoms with Gasteiger partial charge < -0.3 is 19.9 Å². The molecule has 0 atom stereocenters. The van der Waals surface area contributed by atoms with Crippen molar-refractivity contribution in [2.75, 3.05) is 55.0 Å². The number of nitrogens with one attached hydrogen (secondary N) is 1. The summed E-state index contributed by atoms with van der Waals surface area (Å²) in [6.45, 7) is 6.80. The number of ether oxygens (including phenoxy) is 1. The lowest BCUT2D eigenvalue weighted by atomic mass is 10.2. The summed E-state index contributed by atoms with van der Waals surface area (Å²) in [5.74, 6) is 2.64. The molecule has 1 aliphatic rings. The predicted octanol–water partition coefficient (Wildman–Crippen LogP) is 3.02. The summed E-state index contributed by atoms with van der Waals surface area (Å²) in [6.07, 6.45) is 4.16. The molecular weight excluding hydrogens is 314 g/mol. The molecule has 134 valence electrons. The van der Waals surface area contributed by atoms with Crippen LogP contribution in [0.3, 0.4) is 0 Å². The van der Waals surface area contributed by atoms with Crippen molar-refractivity contribution < 1.29 is 4.74 Å². The molecule has 1 aliphatic heterocycles. The SMILES string of the molecule is CCCCNc1ccnc(N2CCN(c3ccccc3OC)CC2)n1. The highest BCUT2D eigenvalue weighted by Gasteiger charge is 2.21. The summed E-state index contributed by atoms with van der Waals surface area (Å²) in [5.41, 5.74) is 1.15. The second-order valence-electron chi connectivity index (χ2n) is 6.17. The maximum Gasteiger partial charge on any atom is 0.227 e. The molecule has 25 heavy (non-hydrogen) atoms. The first-order chi connectivity index (χ1) is 12.3. The minimum atomic E-state index is 0.807. The van der Waals surface area contributed by atoms with Gasteiger partial charge in [-0.05, 0) is 24.6 Å². The number of piperazine rings is 1. The Kier molecular flexibility index (Phi) is 5.93. The Labute approximate surface area is 149 Å². The van der Waals surface area contributed by atoms with Gasteiger partial charge in [-0.1, -0.05) is 25.5 Å². The van der Waals surface area contributed by atoms with Gasteiger partial charge in [0.2, 0.25) is 5.95 Å². The molecule has 0 spiro atoms. The molecule has 0 saturated carbocycles. The van der Waals surface area contributed by atoms with Gasteiger partial charge in [0.25, 0.3) is 0 Å². The molecule has 1 fully saturated rings. The summed E-state index contributed by atoms with van der Waals surface area (Å²) < 4.78 is 5.48. The van der Waals surface area contributed by atoms with E-state index in [1.807, 2.05) is 24.4 Å². The maximum absolute atomic E-state index is 5.48. The van der Waals surface area contributed by atoms with E-state index in [0.29, 0.717) is 0 Å². The number of methoxy groups -OCH3 is 1. The number of unbranched alkanes of at least 4 members (excludes halogenated alkanes) is 1. The van der Waals surface area contributed by atoms with Crippen LogP contribution in [0.1, 0.15) is 19.8 Å². The summed E-state index contributed by atoms with van der Waals surface area (Å²) in [4.78, 5) is 13.7. The molecule has 0 unspecified atom stereocenters. The van der Waals surface area contributed by atoms with E-state index in [-0.39, 0.29) is 0 Å². The maximum atomic E-state index is 5.48. The molecule has 6 heteroatoms. The van der Waals surface area contributed by atoms with Crippen LogP contribution in [0.2, 0.25) is 0 Å². The molecule has 6 nitrogen and oxygen atoms in total. The van der Waals surface area contributed by atoms with Crippen molar-refractivity contribution in [2.24, 2.45) is 0 Å². The monoisotopic (exact) mass is 341 g/mol. The molecule has 0 bridgehead atoms. The Hall–Kier alpha value is -2.50. The summed E-state index contributed by atoms with van der Waals surface area (Å²) in [5, 5.41) is 3.37. The number of hydrogen-bond donors (Lipinski definition) is 1. The molecule has 1 N–H and O–H groups in total. The van der Waals surface area contributed by atoms with Crippen molar-refractivity contribution in [1.29, 1.82) is 0 Å². The van der Waals surface area contributed by atoms with Gasteiger partial charge in [0, 0.05) is 38.9 Å². The van der Waals surface area contributed by atoms with Crippen LogP contribution in [0.15, 0.2) is 36.5 Å². The Bertz CT molecular complexity index is 670. The Morgan fingerprint density at radius 3 is 2.60 bits per heavy atom. The van der Waals surface area contributed by atoms with Crippen LogP contribution >= 0.6 is 0 Å². The first-order valence-electron chi connectivity index (χ1n) is 9.01. The van der Waals surface area contributed by atoms with Gasteiger partial charge in [0.1, 0.15) is 11.6 Å². The molecule has 0 radical (unpaired) electrons. The third-order valence-electron chi connectivity index (χ3n) is 4.47. The standard InChI is InChI=1S/C19H27N5O/c1-3-4-10-20-18-9-11-21-19(22-18)24-14-12-23(13-15-24)16-7-5-6-8-17(16)25-2/h5-9,11H,3-4,10,12-15H2,1-2H3,(H,20,21,22). The van der Waals surface area contributed by atoms with Gasteiger partial charge in [-0.2, -0.15) is 4.98 Å². The average Bonchev–Trinajstić information content (AvgIpc) is 2.68. The van der Waals surface area contributed by atoms with E-state index in [1.54, 1.807) is 7.11 Å². The van der Waals surface area contributed by atoms with Crippen LogP contribution in [-0.4, -0.2) is 49.8 Å². The first kappa shape index (κ1) is 17.3. The lowest BCUT2D eigenvalue weighted by molar-refractivity contribution is 0.413. The van der Waals surface area contributed by atoms with Crippen LogP contribution in [0.25, 0.3) is 0 Å². The van der Waals surface area contributed by atoms with Crippen LogP contribution in [0.4, 0.5) is 17.5 Å².